The normalized spacial score (nSPS) is 16.7. The molecular weight excluding hydrogens is 648 g/mol. The van der Waals surface area contributed by atoms with Crippen LogP contribution in [-0.2, 0) is 63.6 Å². The number of rotatable bonds is 21. The fourth-order valence-corrected chi connectivity index (χ4v) is 5.34. The summed E-state index contributed by atoms with van der Waals surface area (Å²) in [6.45, 7) is 6.18. The van der Waals surface area contributed by atoms with Gasteiger partial charge in [-0.3, -0.25) is 24.0 Å². The van der Waals surface area contributed by atoms with Crippen molar-refractivity contribution in [2.45, 2.75) is 72.5 Å². The van der Waals surface area contributed by atoms with Crippen LogP contribution in [0.1, 0.15) is 59.4 Å². The zero-order valence-electron chi connectivity index (χ0n) is 28.9. The molecule has 0 radical (unpaired) electrons. The number of phenolic OH excluding ortho intramolecular Hbond substituents is 1. The Morgan fingerprint density at radius 3 is 2.02 bits per heavy atom. The lowest BCUT2D eigenvalue weighted by atomic mass is 9.67. The van der Waals surface area contributed by atoms with E-state index >= 15 is 0 Å². The van der Waals surface area contributed by atoms with E-state index in [4.69, 9.17) is 28.4 Å². The number of phenols is 1. The van der Waals surface area contributed by atoms with Crippen molar-refractivity contribution in [1.82, 2.24) is 0 Å². The summed E-state index contributed by atoms with van der Waals surface area (Å²) in [5.74, 6) is -6.14. The standard InChI is InChI=1S/C34H48O15/c1-32(2,29(41)48-17-24(37)16-47-28(40)26(38)13-21-7-9-23(36)10-8-21)14-22(27(39)45-12-11-35)15-34(5,31(43)44-6)20-33(3,4)30(42)49-19-25-18-46-25/h7-10,22,24-25,35-37H,11-20H2,1-6H3. The number of methoxy groups -OCH3 is 1. The zero-order chi connectivity index (χ0) is 37.0. The summed E-state index contributed by atoms with van der Waals surface area (Å²) < 4.78 is 30.8. The van der Waals surface area contributed by atoms with Crippen molar-refractivity contribution in [2.75, 3.05) is 46.8 Å². The Kier molecular flexibility index (Phi) is 15.2. The molecule has 15 nitrogen and oxygen atoms in total. The minimum absolute atomic E-state index is 0.00473. The molecule has 0 aliphatic carbocycles. The Balaban J connectivity index is 2.06. The van der Waals surface area contributed by atoms with Crippen LogP contribution in [0.4, 0.5) is 0 Å². The molecule has 1 aliphatic heterocycles. The second kappa shape index (κ2) is 18.1. The molecule has 4 atom stereocenters. The van der Waals surface area contributed by atoms with Gasteiger partial charge in [0, 0.05) is 6.42 Å². The van der Waals surface area contributed by atoms with E-state index in [1.165, 1.54) is 52.1 Å². The second-order valence-corrected chi connectivity index (χ2v) is 13.7. The molecule has 0 amide bonds. The molecule has 2 rings (SSSR count). The van der Waals surface area contributed by atoms with E-state index in [0.29, 0.717) is 12.2 Å². The van der Waals surface area contributed by atoms with E-state index in [2.05, 4.69) is 0 Å². The molecule has 0 saturated carbocycles. The van der Waals surface area contributed by atoms with Crippen molar-refractivity contribution >= 4 is 35.6 Å². The molecule has 1 aliphatic rings. The Bertz CT molecular complexity index is 1320. The number of carbonyl (C=O) groups is 6. The smallest absolute Gasteiger partial charge is 0.375 e. The summed E-state index contributed by atoms with van der Waals surface area (Å²) in [6, 6.07) is 5.65. The van der Waals surface area contributed by atoms with E-state index in [1.807, 2.05) is 0 Å². The monoisotopic (exact) mass is 696 g/mol. The summed E-state index contributed by atoms with van der Waals surface area (Å²) in [5.41, 5.74) is -3.56. The second-order valence-electron chi connectivity index (χ2n) is 13.7. The van der Waals surface area contributed by atoms with Crippen LogP contribution in [-0.4, -0.2) is 110 Å². The number of benzene rings is 1. The summed E-state index contributed by atoms with van der Waals surface area (Å²) in [4.78, 5) is 76.6. The quantitative estimate of drug-likeness (QED) is 0.0716. The first-order valence-electron chi connectivity index (χ1n) is 15.8. The van der Waals surface area contributed by atoms with Crippen LogP contribution in [0.5, 0.6) is 5.75 Å². The van der Waals surface area contributed by atoms with Gasteiger partial charge in [-0.1, -0.05) is 12.1 Å². The number of epoxide rings is 1. The van der Waals surface area contributed by atoms with Crippen molar-refractivity contribution in [2.24, 2.45) is 22.2 Å². The highest BCUT2D eigenvalue weighted by Gasteiger charge is 2.48. The molecule has 1 saturated heterocycles. The zero-order valence-corrected chi connectivity index (χ0v) is 28.9. The predicted molar refractivity (Wildman–Crippen MR) is 169 cm³/mol. The van der Waals surface area contributed by atoms with Gasteiger partial charge in [0.05, 0.1) is 42.5 Å². The van der Waals surface area contributed by atoms with Gasteiger partial charge >= 0.3 is 29.8 Å². The topological polar surface area (TPSA) is 222 Å². The van der Waals surface area contributed by atoms with Gasteiger partial charge in [-0.25, -0.2) is 4.79 Å². The summed E-state index contributed by atoms with van der Waals surface area (Å²) in [5, 5.41) is 28.8. The van der Waals surface area contributed by atoms with Crippen LogP contribution in [0.2, 0.25) is 0 Å². The molecule has 0 aromatic heterocycles. The van der Waals surface area contributed by atoms with Crippen LogP contribution in [0.25, 0.3) is 0 Å². The first kappa shape index (κ1) is 41.1. The van der Waals surface area contributed by atoms with Crippen LogP contribution in [0, 0.1) is 22.2 Å². The van der Waals surface area contributed by atoms with Gasteiger partial charge in [0.1, 0.15) is 44.4 Å². The van der Waals surface area contributed by atoms with Gasteiger partial charge in [0.15, 0.2) is 0 Å². The van der Waals surface area contributed by atoms with E-state index in [-0.39, 0.29) is 50.8 Å². The van der Waals surface area contributed by atoms with E-state index < -0.39 is 83.7 Å². The lowest BCUT2D eigenvalue weighted by Gasteiger charge is -2.37. The number of carbonyl (C=O) groups excluding carboxylic acids is 6. The number of Topliss-reactive ketones (excluding diaryl/α,β-unsaturated/α-hetero) is 1. The minimum atomic E-state index is -1.48. The van der Waals surface area contributed by atoms with Crippen LogP contribution < -0.4 is 0 Å². The highest BCUT2D eigenvalue weighted by molar-refractivity contribution is 6.34. The fourth-order valence-electron chi connectivity index (χ4n) is 5.34. The third kappa shape index (κ3) is 13.4. The molecular formula is C34H48O15. The third-order valence-corrected chi connectivity index (χ3v) is 7.88. The Hall–Kier alpha value is -4.08. The van der Waals surface area contributed by atoms with Crippen molar-refractivity contribution in [1.29, 1.82) is 0 Å². The molecule has 1 heterocycles. The molecule has 1 aromatic carbocycles. The molecule has 1 aromatic rings. The number of aliphatic hydroxyl groups excluding tert-OH is 2. The van der Waals surface area contributed by atoms with Crippen molar-refractivity contribution in [3.63, 3.8) is 0 Å². The van der Waals surface area contributed by atoms with Gasteiger partial charge in [0.2, 0.25) is 5.78 Å². The first-order valence-corrected chi connectivity index (χ1v) is 15.8. The molecule has 1 fully saturated rings. The predicted octanol–water partition coefficient (Wildman–Crippen LogP) is 1.45. The van der Waals surface area contributed by atoms with Crippen molar-refractivity contribution in [3.8, 4) is 5.75 Å². The maximum Gasteiger partial charge on any atom is 0.375 e. The van der Waals surface area contributed by atoms with Crippen LogP contribution >= 0.6 is 0 Å². The average Bonchev–Trinajstić information content (AvgIpc) is 3.88. The molecule has 0 bridgehead atoms. The number of ketones is 1. The summed E-state index contributed by atoms with van der Waals surface area (Å²) >= 11 is 0. The lowest BCUT2D eigenvalue weighted by Crippen LogP contribution is -2.42. The maximum atomic E-state index is 13.2. The third-order valence-electron chi connectivity index (χ3n) is 7.88. The van der Waals surface area contributed by atoms with E-state index in [1.54, 1.807) is 13.8 Å². The maximum absolute atomic E-state index is 13.2. The SMILES string of the molecule is COC(=O)C(C)(CC(CC(C)(C)C(=O)OCC(O)COC(=O)C(=O)Cc1ccc(O)cc1)C(=O)OCCO)CC(C)(C)C(=O)OCC1CO1. The van der Waals surface area contributed by atoms with E-state index in [0.717, 1.165) is 0 Å². The molecule has 274 valence electrons. The number of hydrogen-bond donors (Lipinski definition) is 3. The average molecular weight is 697 g/mol. The van der Waals surface area contributed by atoms with Crippen molar-refractivity contribution in [3.05, 3.63) is 29.8 Å². The van der Waals surface area contributed by atoms with Crippen LogP contribution in [0.3, 0.4) is 0 Å². The lowest BCUT2D eigenvalue weighted by molar-refractivity contribution is -0.166. The number of aliphatic hydroxyl groups is 2. The highest BCUT2D eigenvalue weighted by atomic mass is 16.6. The molecule has 3 N–H and O–H groups in total. The number of ether oxygens (including phenoxy) is 6. The minimum Gasteiger partial charge on any atom is -0.508 e. The summed E-state index contributed by atoms with van der Waals surface area (Å²) in [7, 11) is 1.17. The highest BCUT2D eigenvalue weighted by Crippen LogP contribution is 2.43. The molecule has 4 unspecified atom stereocenters. The van der Waals surface area contributed by atoms with E-state index in [9.17, 15) is 44.1 Å². The summed E-state index contributed by atoms with van der Waals surface area (Å²) in [6.07, 6.45) is -2.43. The number of hydrogen-bond acceptors (Lipinski definition) is 15. The van der Waals surface area contributed by atoms with Gasteiger partial charge in [-0.05, 0) is 71.6 Å². The largest absolute Gasteiger partial charge is 0.508 e. The van der Waals surface area contributed by atoms with Gasteiger partial charge in [0.25, 0.3) is 0 Å². The first-order chi connectivity index (χ1) is 22.8. The number of esters is 5. The van der Waals surface area contributed by atoms with Crippen molar-refractivity contribution < 1.29 is 72.5 Å². The fraction of sp³-hybridized carbons (Fsp3) is 0.647. The van der Waals surface area contributed by atoms with Gasteiger partial charge in [-0.2, -0.15) is 0 Å². The molecule has 0 spiro atoms. The van der Waals surface area contributed by atoms with Gasteiger partial charge < -0.3 is 43.7 Å². The molecule has 49 heavy (non-hydrogen) atoms. The molecule has 15 heteroatoms. The van der Waals surface area contributed by atoms with Gasteiger partial charge in [-0.15, -0.1) is 0 Å². The number of aromatic hydroxyl groups is 1. The van der Waals surface area contributed by atoms with Crippen LogP contribution in [0.15, 0.2) is 24.3 Å². The Morgan fingerprint density at radius 2 is 1.45 bits per heavy atom. The Morgan fingerprint density at radius 1 is 0.857 bits per heavy atom. The Labute approximate surface area is 285 Å².